The Morgan fingerprint density at radius 1 is 1.50 bits per heavy atom. The minimum absolute atomic E-state index is 0.0426. The third-order valence-electron chi connectivity index (χ3n) is 2.94. The summed E-state index contributed by atoms with van der Waals surface area (Å²) in [7, 11) is 0. The molecule has 2 rings (SSSR count). The quantitative estimate of drug-likeness (QED) is 0.854. The lowest BCUT2D eigenvalue weighted by Crippen LogP contribution is -2.33. The van der Waals surface area contributed by atoms with E-state index in [2.05, 4.69) is 0 Å². The summed E-state index contributed by atoms with van der Waals surface area (Å²) in [4.78, 5) is 10.7. The fourth-order valence-electron chi connectivity index (χ4n) is 2.01. The molecular formula is C12H13F2NO3. The molecule has 0 bridgehead atoms. The van der Waals surface area contributed by atoms with Gasteiger partial charge in [0.25, 0.3) is 0 Å². The van der Waals surface area contributed by atoms with E-state index in [1.165, 1.54) is 0 Å². The van der Waals surface area contributed by atoms with Gasteiger partial charge in [-0.1, -0.05) is 0 Å². The van der Waals surface area contributed by atoms with Gasteiger partial charge in [-0.25, -0.2) is 8.78 Å². The summed E-state index contributed by atoms with van der Waals surface area (Å²) in [5, 5.41) is 8.73. The number of rotatable bonds is 3. The van der Waals surface area contributed by atoms with Crippen molar-refractivity contribution >= 4 is 5.97 Å². The van der Waals surface area contributed by atoms with Gasteiger partial charge in [-0.3, -0.25) is 4.79 Å². The van der Waals surface area contributed by atoms with Crippen LogP contribution in [0.2, 0.25) is 0 Å². The largest absolute Gasteiger partial charge is 0.493 e. The van der Waals surface area contributed by atoms with E-state index in [0.717, 1.165) is 6.07 Å². The number of carbonyl (C=O) groups is 1. The smallest absolute Gasteiger partial charge is 0.320 e. The van der Waals surface area contributed by atoms with Gasteiger partial charge >= 0.3 is 5.97 Å². The van der Waals surface area contributed by atoms with Gasteiger partial charge in [0.15, 0.2) is 0 Å². The Kier molecular flexibility index (Phi) is 3.47. The number of halogens is 2. The van der Waals surface area contributed by atoms with Gasteiger partial charge in [0, 0.05) is 23.6 Å². The normalized spacial score (nSPS) is 15.7. The predicted molar refractivity (Wildman–Crippen MR) is 59.5 cm³/mol. The zero-order valence-electron chi connectivity index (χ0n) is 9.58. The minimum atomic E-state index is -1.24. The molecule has 0 saturated carbocycles. The molecule has 98 valence electrons. The number of carboxylic acid groups (broad SMARTS) is 1. The van der Waals surface area contributed by atoms with Crippen molar-refractivity contribution in [3.63, 3.8) is 0 Å². The molecule has 0 aliphatic carbocycles. The zero-order valence-corrected chi connectivity index (χ0v) is 9.58. The van der Waals surface area contributed by atoms with E-state index in [1.54, 1.807) is 0 Å². The lowest BCUT2D eigenvalue weighted by Gasteiger charge is -2.22. The summed E-state index contributed by atoms with van der Waals surface area (Å²) >= 11 is 0. The SMILES string of the molecule is NC(Cc1c(F)cc(F)c2c1OCCC2)C(=O)O. The Morgan fingerprint density at radius 3 is 2.89 bits per heavy atom. The van der Waals surface area contributed by atoms with Crippen molar-refractivity contribution in [2.24, 2.45) is 5.73 Å². The van der Waals surface area contributed by atoms with Crippen molar-refractivity contribution in [3.05, 3.63) is 28.8 Å². The molecule has 1 heterocycles. The highest BCUT2D eigenvalue weighted by Crippen LogP contribution is 2.33. The molecule has 1 unspecified atom stereocenters. The Labute approximate surface area is 102 Å². The highest BCUT2D eigenvalue weighted by Gasteiger charge is 2.25. The van der Waals surface area contributed by atoms with Crippen LogP contribution in [-0.4, -0.2) is 23.7 Å². The van der Waals surface area contributed by atoms with Crippen LogP contribution in [-0.2, 0) is 17.6 Å². The highest BCUT2D eigenvalue weighted by molar-refractivity contribution is 5.73. The number of carboxylic acids is 1. The first-order valence-corrected chi connectivity index (χ1v) is 5.61. The first kappa shape index (κ1) is 12.8. The molecular weight excluding hydrogens is 244 g/mol. The average molecular weight is 257 g/mol. The summed E-state index contributed by atoms with van der Waals surface area (Å²) < 4.78 is 32.5. The molecule has 0 spiro atoms. The van der Waals surface area contributed by atoms with E-state index in [9.17, 15) is 13.6 Å². The second-order valence-corrected chi connectivity index (χ2v) is 4.23. The van der Waals surface area contributed by atoms with Crippen LogP contribution in [0.5, 0.6) is 5.75 Å². The second-order valence-electron chi connectivity index (χ2n) is 4.23. The van der Waals surface area contributed by atoms with E-state index in [1.807, 2.05) is 0 Å². The van der Waals surface area contributed by atoms with Crippen molar-refractivity contribution in [3.8, 4) is 5.75 Å². The topological polar surface area (TPSA) is 72.5 Å². The number of benzene rings is 1. The van der Waals surface area contributed by atoms with Crippen LogP contribution in [0.4, 0.5) is 8.78 Å². The van der Waals surface area contributed by atoms with Crippen molar-refractivity contribution in [1.82, 2.24) is 0 Å². The standard InChI is InChI=1S/C12H13F2NO3/c13-8-5-9(14)7(4-10(15)12(16)17)11-6(8)2-1-3-18-11/h5,10H,1-4,15H2,(H,16,17). The van der Waals surface area contributed by atoms with Crippen molar-refractivity contribution in [2.45, 2.75) is 25.3 Å². The minimum Gasteiger partial charge on any atom is -0.493 e. The molecule has 0 radical (unpaired) electrons. The molecule has 4 nitrogen and oxygen atoms in total. The molecule has 6 heteroatoms. The number of nitrogens with two attached hydrogens (primary N) is 1. The lowest BCUT2D eigenvalue weighted by molar-refractivity contribution is -0.138. The van der Waals surface area contributed by atoms with E-state index in [0.29, 0.717) is 25.0 Å². The fraction of sp³-hybridized carbons (Fsp3) is 0.417. The summed E-state index contributed by atoms with van der Waals surface area (Å²) in [5.74, 6) is -2.58. The van der Waals surface area contributed by atoms with Gasteiger partial charge in [-0.15, -0.1) is 0 Å². The molecule has 18 heavy (non-hydrogen) atoms. The maximum absolute atomic E-state index is 13.7. The van der Waals surface area contributed by atoms with E-state index in [-0.39, 0.29) is 17.7 Å². The van der Waals surface area contributed by atoms with Crippen molar-refractivity contribution < 1.29 is 23.4 Å². The molecule has 0 saturated heterocycles. The average Bonchev–Trinajstić information content (AvgIpc) is 2.34. The number of ether oxygens (including phenoxy) is 1. The third kappa shape index (κ3) is 2.28. The zero-order chi connectivity index (χ0) is 13.3. The van der Waals surface area contributed by atoms with Crippen molar-refractivity contribution in [2.75, 3.05) is 6.61 Å². The van der Waals surface area contributed by atoms with Crippen LogP contribution in [0.1, 0.15) is 17.5 Å². The van der Waals surface area contributed by atoms with Crippen LogP contribution in [0, 0.1) is 11.6 Å². The molecule has 0 aromatic heterocycles. The molecule has 0 amide bonds. The Balaban J connectivity index is 2.43. The third-order valence-corrected chi connectivity index (χ3v) is 2.94. The van der Waals surface area contributed by atoms with Gasteiger partial charge < -0.3 is 15.6 Å². The van der Waals surface area contributed by atoms with Gasteiger partial charge in [0.1, 0.15) is 23.4 Å². The Morgan fingerprint density at radius 2 is 2.22 bits per heavy atom. The summed E-state index contributed by atoms with van der Waals surface area (Å²) in [5.41, 5.74) is 5.72. The van der Waals surface area contributed by atoms with Crippen LogP contribution in [0.25, 0.3) is 0 Å². The van der Waals surface area contributed by atoms with Crippen LogP contribution in [0.15, 0.2) is 6.07 Å². The first-order chi connectivity index (χ1) is 8.50. The number of hydrogen-bond acceptors (Lipinski definition) is 3. The fourth-order valence-corrected chi connectivity index (χ4v) is 2.01. The van der Waals surface area contributed by atoms with Gasteiger partial charge in [-0.2, -0.15) is 0 Å². The summed E-state index contributed by atoms with van der Waals surface area (Å²) in [6.45, 7) is 0.366. The van der Waals surface area contributed by atoms with Gasteiger partial charge in [-0.05, 0) is 12.8 Å². The van der Waals surface area contributed by atoms with Crippen molar-refractivity contribution in [1.29, 1.82) is 0 Å². The maximum Gasteiger partial charge on any atom is 0.320 e. The molecule has 1 aromatic carbocycles. The predicted octanol–water partition coefficient (Wildman–Crippen LogP) is 1.24. The lowest BCUT2D eigenvalue weighted by atomic mass is 9.97. The number of aliphatic carboxylic acids is 1. The molecule has 3 N–H and O–H groups in total. The number of hydrogen-bond donors (Lipinski definition) is 2. The van der Waals surface area contributed by atoms with Crippen LogP contribution < -0.4 is 10.5 Å². The number of fused-ring (bicyclic) bond motifs is 1. The molecule has 1 aliphatic rings. The van der Waals surface area contributed by atoms with E-state index < -0.39 is 23.6 Å². The van der Waals surface area contributed by atoms with Crippen LogP contribution in [0.3, 0.4) is 0 Å². The Bertz CT molecular complexity index is 491. The molecule has 1 aliphatic heterocycles. The summed E-state index contributed by atoms with van der Waals surface area (Å²) in [6.07, 6.45) is 0.889. The van der Waals surface area contributed by atoms with Gasteiger partial charge in [0.2, 0.25) is 0 Å². The maximum atomic E-state index is 13.7. The van der Waals surface area contributed by atoms with Gasteiger partial charge in [0.05, 0.1) is 6.61 Å². The molecule has 1 aromatic rings. The van der Waals surface area contributed by atoms with Crippen LogP contribution >= 0.6 is 0 Å². The first-order valence-electron chi connectivity index (χ1n) is 5.61. The van der Waals surface area contributed by atoms with E-state index >= 15 is 0 Å². The monoisotopic (exact) mass is 257 g/mol. The summed E-state index contributed by atoms with van der Waals surface area (Å²) in [6, 6.07) is -0.475. The van der Waals surface area contributed by atoms with E-state index in [4.69, 9.17) is 15.6 Å². The molecule has 1 atom stereocenters. The highest BCUT2D eigenvalue weighted by atomic mass is 19.1. The second kappa shape index (κ2) is 4.89. The molecule has 0 fully saturated rings. The Hall–Kier alpha value is -1.69.